The molecule has 122 valence electrons. The fourth-order valence-electron chi connectivity index (χ4n) is 4.10. The third-order valence-electron chi connectivity index (χ3n) is 5.15. The average Bonchev–Trinajstić information content (AvgIpc) is 2.57. The lowest BCUT2D eigenvalue weighted by Crippen LogP contribution is -2.47. The molecule has 1 saturated heterocycles. The molecule has 2 fully saturated rings. The van der Waals surface area contributed by atoms with Crippen LogP contribution >= 0.6 is 15.9 Å². The molecule has 1 N–H and O–H groups in total. The van der Waals surface area contributed by atoms with Gasteiger partial charge in [-0.15, -0.1) is 0 Å². The molecule has 1 atom stereocenters. The number of nitrogens with one attached hydrogen (secondary N) is 1. The van der Waals surface area contributed by atoms with Crippen molar-refractivity contribution >= 4 is 15.9 Å². The Labute approximate surface area is 142 Å². The normalized spacial score (nSPS) is 22.5. The SMILES string of the molecule is COc1ccc(Br)cc1[C@H](C1CCCCC1)N1CCNCC1. The Kier molecular flexibility index (Phi) is 5.77. The summed E-state index contributed by atoms with van der Waals surface area (Å²) in [7, 11) is 1.79. The third kappa shape index (κ3) is 3.66. The van der Waals surface area contributed by atoms with Crippen LogP contribution in [0.2, 0.25) is 0 Å². The molecule has 0 radical (unpaired) electrons. The third-order valence-corrected chi connectivity index (χ3v) is 5.64. The van der Waals surface area contributed by atoms with Crippen LogP contribution in [0.1, 0.15) is 43.7 Å². The molecule has 2 aliphatic rings. The smallest absolute Gasteiger partial charge is 0.123 e. The number of halogens is 1. The van der Waals surface area contributed by atoms with Gasteiger partial charge in [0.05, 0.1) is 7.11 Å². The van der Waals surface area contributed by atoms with Crippen LogP contribution in [0, 0.1) is 5.92 Å². The maximum Gasteiger partial charge on any atom is 0.123 e. The number of piperazine rings is 1. The lowest BCUT2D eigenvalue weighted by atomic mass is 9.80. The van der Waals surface area contributed by atoms with Crippen LogP contribution in [0.5, 0.6) is 5.75 Å². The van der Waals surface area contributed by atoms with Gasteiger partial charge in [-0.1, -0.05) is 35.2 Å². The number of hydrogen-bond donors (Lipinski definition) is 1. The van der Waals surface area contributed by atoms with Gasteiger partial charge in [0.15, 0.2) is 0 Å². The topological polar surface area (TPSA) is 24.5 Å². The number of hydrogen-bond acceptors (Lipinski definition) is 3. The van der Waals surface area contributed by atoms with Crippen molar-refractivity contribution in [1.82, 2.24) is 10.2 Å². The van der Waals surface area contributed by atoms with Crippen molar-refractivity contribution in [3.8, 4) is 5.75 Å². The van der Waals surface area contributed by atoms with Crippen LogP contribution in [-0.4, -0.2) is 38.2 Å². The summed E-state index contributed by atoms with van der Waals surface area (Å²) in [5.74, 6) is 1.80. The number of ether oxygens (including phenoxy) is 1. The number of benzene rings is 1. The molecule has 4 heteroatoms. The fraction of sp³-hybridized carbons (Fsp3) is 0.667. The first-order chi connectivity index (χ1) is 10.8. The van der Waals surface area contributed by atoms with Crippen LogP contribution in [0.15, 0.2) is 22.7 Å². The molecule has 1 saturated carbocycles. The van der Waals surface area contributed by atoms with Gasteiger partial charge in [-0.25, -0.2) is 0 Å². The highest BCUT2D eigenvalue weighted by Gasteiger charge is 2.32. The van der Waals surface area contributed by atoms with E-state index in [1.807, 2.05) is 0 Å². The van der Waals surface area contributed by atoms with Gasteiger partial charge < -0.3 is 10.1 Å². The van der Waals surface area contributed by atoms with Gasteiger partial charge in [-0.3, -0.25) is 4.90 Å². The van der Waals surface area contributed by atoms with E-state index in [4.69, 9.17) is 4.74 Å². The number of methoxy groups -OCH3 is 1. The van der Waals surface area contributed by atoms with E-state index in [-0.39, 0.29) is 0 Å². The van der Waals surface area contributed by atoms with Crippen LogP contribution in [0.4, 0.5) is 0 Å². The second-order valence-electron chi connectivity index (χ2n) is 6.52. The second-order valence-corrected chi connectivity index (χ2v) is 7.43. The van der Waals surface area contributed by atoms with Crippen LogP contribution < -0.4 is 10.1 Å². The van der Waals surface area contributed by atoms with E-state index in [1.54, 1.807) is 7.11 Å². The maximum absolute atomic E-state index is 5.70. The van der Waals surface area contributed by atoms with Crippen molar-refractivity contribution in [2.75, 3.05) is 33.3 Å². The molecule has 22 heavy (non-hydrogen) atoms. The lowest BCUT2D eigenvalue weighted by Gasteiger charge is -2.41. The molecule has 1 aliphatic heterocycles. The van der Waals surface area contributed by atoms with Gasteiger partial charge in [0.1, 0.15) is 5.75 Å². The van der Waals surface area contributed by atoms with Crippen molar-refractivity contribution < 1.29 is 4.74 Å². The lowest BCUT2D eigenvalue weighted by molar-refractivity contribution is 0.101. The zero-order valence-corrected chi connectivity index (χ0v) is 15.1. The first-order valence-corrected chi connectivity index (χ1v) is 9.37. The molecule has 0 amide bonds. The standard InChI is InChI=1S/C18H27BrN2O/c1-22-17-8-7-15(19)13-16(17)18(14-5-3-2-4-6-14)21-11-9-20-10-12-21/h7-8,13-14,18,20H,2-6,9-12H2,1H3/t18-/m0/s1. The van der Waals surface area contributed by atoms with E-state index in [9.17, 15) is 0 Å². The van der Waals surface area contributed by atoms with E-state index < -0.39 is 0 Å². The molecule has 1 heterocycles. The minimum Gasteiger partial charge on any atom is -0.496 e. The summed E-state index contributed by atoms with van der Waals surface area (Å²) in [5, 5.41) is 3.48. The van der Waals surface area contributed by atoms with E-state index >= 15 is 0 Å². The molecule has 1 aliphatic carbocycles. The van der Waals surface area contributed by atoms with E-state index in [0.717, 1.165) is 42.3 Å². The number of nitrogens with zero attached hydrogens (tertiary/aromatic N) is 1. The highest BCUT2D eigenvalue weighted by Crippen LogP contribution is 2.42. The Morgan fingerprint density at radius 1 is 1.18 bits per heavy atom. The summed E-state index contributed by atoms with van der Waals surface area (Å²) in [4.78, 5) is 2.68. The molecule has 0 aromatic heterocycles. The molecule has 1 aromatic carbocycles. The average molecular weight is 367 g/mol. The molecule has 1 aromatic rings. The van der Waals surface area contributed by atoms with Crippen LogP contribution in [-0.2, 0) is 0 Å². The molecule has 3 nitrogen and oxygen atoms in total. The summed E-state index contributed by atoms with van der Waals surface area (Å²) in [6.45, 7) is 4.47. The summed E-state index contributed by atoms with van der Waals surface area (Å²) >= 11 is 3.66. The van der Waals surface area contributed by atoms with Crippen LogP contribution in [0.25, 0.3) is 0 Å². The Bertz CT molecular complexity index is 464. The van der Waals surface area contributed by atoms with E-state index in [0.29, 0.717) is 6.04 Å². The first kappa shape index (κ1) is 16.3. The largest absolute Gasteiger partial charge is 0.496 e. The van der Waals surface area contributed by atoms with Crippen molar-refractivity contribution in [3.63, 3.8) is 0 Å². The second kappa shape index (κ2) is 7.80. The monoisotopic (exact) mass is 366 g/mol. The minimum absolute atomic E-state index is 0.495. The van der Waals surface area contributed by atoms with Crippen molar-refractivity contribution in [2.24, 2.45) is 5.92 Å². The summed E-state index contributed by atoms with van der Waals surface area (Å²) < 4.78 is 6.85. The number of rotatable bonds is 4. The Morgan fingerprint density at radius 3 is 2.59 bits per heavy atom. The summed E-state index contributed by atoms with van der Waals surface area (Å²) in [6, 6.07) is 6.96. The molecular weight excluding hydrogens is 340 g/mol. The molecular formula is C18H27BrN2O. The highest BCUT2D eigenvalue weighted by molar-refractivity contribution is 9.10. The van der Waals surface area contributed by atoms with E-state index in [1.165, 1.54) is 37.7 Å². The van der Waals surface area contributed by atoms with Gasteiger partial charge >= 0.3 is 0 Å². The van der Waals surface area contributed by atoms with E-state index in [2.05, 4.69) is 44.3 Å². The summed E-state index contributed by atoms with van der Waals surface area (Å²) in [5.41, 5.74) is 1.37. The molecule has 0 unspecified atom stereocenters. The Balaban J connectivity index is 1.94. The fourth-order valence-corrected chi connectivity index (χ4v) is 4.47. The predicted molar refractivity (Wildman–Crippen MR) is 94.5 cm³/mol. The van der Waals surface area contributed by atoms with Gasteiger partial charge in [-0.2, -0.15) is 0 Å². The minimum atomic E-state index is 0.495. The quantitative estimate of drug-likeness (QED) is 0.871. The first-order valence-electron chi connectivity index (χ1n) is 8.58. The van der Waals surface area contributed by atoms with Gasteiger partial charge in [-0.05, 0) is 37.0 Å². The molecule has 0 spiro atoms. The maximum atomic E-state index is 5.70. The van der Waals surface area contributed by atoms with Crippen molar-refractivity contribution in [3.05, 3.63) is 28.2 Å². The van der Waals surface area contributed by atoms with Gasteiger partial charge in [0, 0.05) is 42.3 Å². The van der Waals surface area contributed by atoms with Crippen LogP contribution in [0.3, 0.4) is 0 Å². The Hall–Kier alpha value is -0.580. The van der Waals surface area contributed by atoms with Gasteiger partial charge in [0.25, 0.3) is 0 Å². The van der Waals surface area contributed by atoms with Crippen molar-refractivity contribution in [2.45, 2.75) is 38.1 Å². The zero-order chi connectivity index (χ0) is 15.4. The summed E-state index contributed by atoms with van der Waals surface area (Å²) in [6.07, 6.45) is 6.86. The van der Waals surface area contributed by atoms with Gasteiger partial charge in [0.2, 0.25) is 0 Å². The zero-order valence-electron chi connectivity index (χ0n) is 13.5. The molecule has 3 rings (SSSR count). The Morgan fingerprint density at radius 2 is 1.91 bits per heavy atom. The van der Waals surface area contributed by atoms with Crippen molar-refractivity contribution in [1.29, 1.82) is 0 Å². The predicted octanol–water partition coefficient (Wildman–Crippen LogP) is 3.98. The highest BCUT2D eigenvalue weighted by atomic mass is 79.9. The molecule has 0 bridgehead atoms.